The molecule has 0 aliphatic heterocycles. The molecule has 3 rings (SSSR count). The average molecular weight is 329 g/mol. The van der Waals surface area contributed by atoms with E-state index in [1.807, 2.05) is 6.92 Å². The summed E-state index contributed by atoms with van der Waals surface area (Å²) < 4.78 is 13.3. The van der Waals surface area contributed by atoms with E-state index in [4.69, 9.17) is 11.6 Å². The number of carbonyl (C=O) groups is 1. The van der Waals surface area contributed by atoms with Crippen molar-refractivity contribution in [3.8, 4) is 0 Å². The van der Waals surface area contributed by atoms with E-state index in [9.17, 15) is 9.18 Å². The quantitative estimate of drug-likeness (QED) is 0.727. The van der Waals surface area contributed by atoms with E-state index in [0.29, 0.717) is 32.9 Å². The van der Waals surface area contributed by atoms with Crippen molar-refractivity contribution in [2.75, 3.05) is 5.32 Å². The molecule has 3 aromatic rings. The largest absolute Gasteiger partial charge is 0.322 e. The number of aromatic nitrogens is 1. The summed E-state index contributed by atoms with van der Waals surface area (Å²) in [6, 6.07) is 11.4. The Morgan fingerprint density at radius 2 is 1.96 bits per heavy atom. The van der Waals surface area contributed by atoms with Crippen molar-refractivity contribution in [3.05, 3.63) is 70.1 Å². The minimum atomic E-state index is -0.351. The lowest BCUT2D eigenvalue weighted by Gasteiger charge is -2.11. The Morgan fingerprint density at radius 3 is 2.74 bits per heavy atom. The molecule has 116 valence electrons. The van der Waals surface area contributed by atoms with Gasteiger partial charge in [0.2, 0.25) is 0 Å². The molecule has 0 atom stereocenters. The molecule has 0 saturated carbocycles. The van der Waals surface area contributed by atoms with Crippen molar-refractivity contribution in [3.63, 3.8) is 0 Å². The van der Waals surface area contributed by atoms with Gasteiger partial charge in [0.15, 0.2) is 0 Å². The van der Waals surface area contributed by atoms with Crippen LogP contribution in [0.3, 0.4) is 0 Å². The summed E-state index contributed by atoms with van der Waals surface area (Å²) in [6.45, 7) is 3.57. The van der Waals surface area contributed by atoms with Gasteiger partial charge in [0.25, 0.3) is 5.91 Å². The molecule has 5 heteroatoms. The van der Waals surface area contributed by atoms with Gasteiger partial charge in [-0.1, -0.05) is 17.7 Å². The van der Waals surface area contributed by atoms with Gasteiger partial charge in [-0.25, -0.2) is 4.39 Å². The number of amides is 1. The number of anilines is 1. The number of nitrogens with zero attached hydrogens (tertiary/aromatic N) is 1. The third-order valence-electron chi connectivity index (χ3n) is 3.73. The summed E-state index contributed by atoms with van der Waals surface area (Å²) in [4.78, 5) is 16.9. The van der Waals surface area contributed by atoms with Gasteiger partial charge in [0.05, 0.1) is 16.8 Å². The zero-order chi connectivity index (χ0) is 16.6. The van der Waals surface area contributed by atoms with Gasteiger partial charge < -0.3 is 5.32 Å². The minimum absolute atomic E-state index is 0.272. The number of fused-ring (bicyclic) bond motifs is 1. The molecule has 2 aromatic carbocycles. The molecule has 0 fully saturated rings. The third-order valence-corrected chi connectivity index (χ3v) is 4.14. The Hall–Kier alpha value is -2.46. The highest BCUT2D eigenvalue weighted by molar-refractivity contribution is 6.31. The smallest absolute Gasteiger partial charge is 0.257 e. The molecule has 0 aliphatic rings. The molecule has 1 heterocycles. The Morgan fingerprint density at radius 1 is 1.17 bits per heavy atom. The highest BCUT2D eigenvalue weighted by Crippen LogP contribution is 2.24. The normalized spacial score (nSPS) is 10.8. The fraction of sp³-hybridized carbons (Fsp3) is 0.111. The summed E-state index contributed by atoms with van der Waals surface area (Å²) in [7, 11) is 0. The number of benzene rings is 2. The highest BCUT2D eigenvalue weighted by Gasteiger charge is 2.14. The first-order valence-corrected chi connectivity index (χ1v) is 7.47. The SMILES string of the molecule is Cc1nc2cc(F)ccc2cc1C(=O)Nc1cccc(Cl)c1C. The molecule has 1 amide bonds. The molecule has 0 spiro atoms. The van der Waals surface area contributed by atoms with E-state index in [1.165, 1.54) is 12.1 Å². The molecule has 1 aromatic heterocycles. The molecule has 0 aliphatic carbocycles. The zero-order valence-electron chi connectivity index (χ0n) is 12.7. The van der Waals surface area contributed by atoms with Crippen LogP contribution in [0.1, 0.15) is 21.6 Å². The van der Waals surface area contributed by atoms with E-state index in [1.54, 1.807) is 37.3 Å². The van der Waals surface area contributed by atoms with Crippen LogP contribution in [0.2, 0.25) is 5.02 Å². The molecule has 0 unspecified atom stereocenters. The molecule has 0 bridgehead atoms. The van der Waals surface area contributed by atoms with E-state index in [0.717, 1.165) is 5.56 Å². The molecule has 0 radical (unpaired) electrons. The first-order chi connectivity index (χ1) is 11.0. The third kappa shape index (κ3) is 3.03. The van der Waals surface area contributed by atoms with E-state index in [-0.39, 0.29) is 11.7 Å². The number of pyridine rings is 1. The lowest BCUT2D eigenvalue weighted by atomic mass is 10.1. The molecule has 23 heavy (non-hydrogen) atoms. The number of hydrogen-bond donors (Lipinski definition) is 1. The van der Waals surface area contributed by atoms with Crippen LogP contribution < -0.4 is 5.32 Å². The van der Waals surface area contributed by atoms with Gasteiger partial charge in [-0.15, -0.1) is 0 Å². The standard InChI is InChI=1S/C18H14ClFN2O/c1-10-15(19)4-3-5-16(10)22-18(23)14-8-12-6-7-13(20)9-17(12)21-11(14)2/h3-9H,1-2H3,(H,22,23). The van der Waals surface area contributed by atoms with Crippen molar-refractivity contribution in [1.82, 2.24) is 4.98 Å². The zero-order valence-corrected chi connectivity index (χ0v) is 13.4. The van der Waals surface area contributed by atoms with Crippen LogP contribution in [0.25, 0.3) is 10.9 Å². The van der Waals surface area contributed by atoms with Gasteiger partial charge in [-0.3, -0.25) is 9.78 Å². The van der Waals surface area contributed by atoms with Gasteiger partial charge in [0, 0.05) is 22.2 Å². The van der Waals surface area contributed by atoms with Crippen molar-refractivity contribution in [2.45, 2.75) is 13.8 Å². The van der Waals surface area contributed by atoms with E-state index < -0.39 is 0 Å². The highest BCUT2D eigenvalue weighted by atomic mass is 35.5. The van der Waals surface area contributed by atoms with Gasteiger partial charge in [0.1, 0.15) is 5.82 Å². The Kier molecular flexibility index (Phi) is 4.01. The fourth-order valence-electron chi connectivity index (χ4n) is 2.40. The summed E-state index contributed by atoms with van der Waals surface area (Å²) in [5.41, 5.74) is 2.97. The van der Waals surface area contributed by atoms with Crippen LogP contribution in [0.5, 0.6) is 0 Å². The number of nitrogens with one attached hydrogen (secondary N) is 1. The lowest BCUT2D eigenvalue weighted by molar-refractivity contribution is 0.102. The molecule has 3 nitrogen and oxygen atoms in total. The number of aryl methyl sites for hydroxylation is 1. The van der Waals surface area contributed by atoms with E-state index in [2.05, 4.69) is 10.3 Å². The lowest BCUT2D eigenvalue weighted by Crippen LogP contribution is -2.15. The molecule has 1 N–H and O–H groups in total. The van der Waals surface area contributed by atoms with Crippen LogP contribution >= 0.6 is 11.6 Å². The topological polar surface area (TPSA) is 42.0 Å². The minimum Gasteiger partial charge on any atom is -0.322 e. The molecular formula is C18H14ClFN2O. The number of hydrogen-bond acceptors (Lipinski definition) is 2. The van der Waals surface area contributed by atoms with Crippen LogP contribution in [-0.2, 0) is 0 Å². The number of carbonyl (C=O) groups excluding carboxylic acids is 1. The second-order valence-electron chi connectivity index (χ2n) is 5.32. The van der Waals surface area contributed by atoms with Gasteiger partial charge in [-0.05, 0) is 49.7 Å². The summed E-state index contributed by atoms with van der Waals surface area (Å²) in [6.07, 6.45) is 0. The van der Waals surface area contributed by atoms with E-state index >= 15 is 0 Å². The first-order valence-electron chi connectivity index (χ1n) is 7.09. The van der Waals surface area contributed by atoms with Gasteiger partial charge >= 0.3 is 0 Å². The Balaban J connectivity index is 1.99. The molecular weight excluding hydrogens is 315 g/mol. The number of halogens is 2. The predicted molar refractivity (Wildman–Crippen MR) is 90.6 cm³/mol. The average Bonchev–Trinajstić information content (AvgIpc) is 2.51. The maximum Gasteiger partial charge on any atom is 0.257 e. The predicted octanol–water partition coefficient (Wildman–Crippen LogP) is 4.90. The van der Waals surface area contributed by atoms with Crippen molar-refractivity contribution in [1.29, 1.82) is 0 Å². The first kappa shape index (κ1) is 15.4. The Bertz CT molecular complexity index is 924. The van der Waals surface area contributed by atoms with Crippen LogP contribution in [-0.4, -0.2) is 10.9 Å². The van der Waals surface area contributed by atoms with Crippen molar-refractivity contribution >= 4 is 34.1 Å². The summed E-state index contributed by atoms with van der Waals surface area (Å²) in [5.74, 6) is -0.622. The van der Waals surface area contributed by atoms with Crippen LogP contribution in [0.15, 0.2) is 42.5 Å². The van der Waals surface area contributed by atoms with Gasteiger partial charge in [-0.2, -0.15) is 0 Å². The maximum atomic E-state index is 13.3. The van der Waals surface area contributed by atoms with Crippen molar-refractivity contribution < 1.29 is 9.18 Å². The Labute approximate surface area is 138 Å². The van der Waals surface area contributed by atoms with Crippen LogP contribution in [0, 0.1) is 19.7 Å². The monoisotopic (exact) mass is 328 g/mol. The maximum absolute atomic E-state index is 13.3. The number of rotatable bonds is 2. The summed E-state index contributed by atoms with van der Waals surface area (Å²) in [5, 5.41) is 4.15. The second kappa shape index (κ2) is 5.97. The molecule has 0 saturated heterocycles. The summed E-state index contributed by atoms with van der Waals surface area (Å²) >= 11 is 6.07. The second-order valence-corrected chi connectivity index (χ2v) is 5.73. The fourth-order valence-corrected chi connectivity index (χ4v) is 2.57. The van der Waals surface area contributed by atoms with Crippen LogP contribution in [0.4, 0.5) is 10.1 Å². The van der Waals surface area contributed by atoms with Crippen molar-refractivity contribution in [2.24, 2.45) is 0 Å².